The summed E-state index contributed by atoms with van der Waals surface area (Å²) in [5.41, 5.74) is 0. The predicted molar refractivity (Wildman–Crippen MR) is 138 cm³/mol. The van der Waals surface area contributed by atoms with Crippen molar-refractivity contribution in [2.75, 3.05) is 6.61 Å². The van der Waals surface area contributed by atoms with Gasteiger partial charge in [0.15, 0.2) is 0 Å². The fourth-order valence-electron chi connectivity index (χ4n) is 4.29. The molecule has 0 saturated carbocycles. The molecule has 31 heavy (non-hydrogen) atoms. The third-order valence-corrected chi connectivity index (χ3v) is 6.50. The molecule has 0 aromatic carbocycles. The molecule has 2 heteroatoms. The lowest BCUT2D eigenvalue weighted by Crippen LogP contribution is -2.05. The van der Waals surface area contributed by atoms with E-state index in [1.807, 2.05) is 0 Å². The van der Waals surface area contributed by atoms with Gasteiger partial charge in [0.25, 0.3) is 0 Å². The molecule has 0 aliphatic heterocycles. The molecule has 0 heterocycles. The summed E-state index contributed by atoms with van der Waals surface area (Å²) in [6, 6.07) is 0. The first-order valence-corrected chi connectivity index (χ1v) is 14.5. The van der Waals surface area contributed by atoms with Gasteiger partial charge >= 0.3 is 5.97 Å². The van der Waals surface area contributed by atoms with Crippen molar-refractivity contribution in [2.24, 2.45) is 0 Å². The molecule has 0 fully saturated rings. The van der Waals surface area contributed by atoms with Crippen LogP contribution in [0.25, 0.3) is 0 Å². The van der Waals surface area contributed by atoms with Crippen LogP contribution >= 0.6 is 0 Å². The molecular weight excluding hydrogens is 380 g/mol. The molecule has 2 nitrogen and oxygen atoms in total. The Balaban J connectivity index is 3.04. The van der Waals surface area contributed by atoms with E-state index < -0.39 is 0 Å². The van der Waals surface area contributed by atoms with Crippen molar-refractivity contribution in [1.29, 1.82) is 0 Å². The minimum Gasteiger partial charge on any atom is -0.466 e. The number of hydrogen-bond donors (Lipinski definition) is 0. The van der Waals surface area contributed by atoms with Gasteiger partial charge in [-0.1, -0.05) is 155 Å². The second-order valence-electron chi connectivity index (χ2n) is 9.75. The summed E-state index contributed by atoms with van der Waals surface area (Å²) in [6.07, 6.45) is 33.5. The third-order valence-electron chi connectivity index (χ3n) is 6.50. The quantitative estimate of drug-likeness (QED) is 0.0991. The first-order valence-electron chi connectivity index (χ1n) is 14.5. The van der Waals surface area contributed by atoms with Crippen LogP contribution in [0.3, 0.4) is 0 Å². The summed E-state index contributed by atoms with van der Waals surface area (Å²) >= 11 is 0. The summed E-state index contributed by atoms with van der Waals surface area (Å²) in [5, 5.41) is 0. The number of hydrogen-bond acceptors (Lipinski definition) is 2. The first kappa shape index (κ1) is 30.5. The molecule has 0 aromatic rings. The zero-order chi connectivity index (χ0) is 22.7. The standard InChI is InChI=1S/C29H58O2/c1-3-5-7-8-9-10-11-12-13-14-15-16-17-18-19-20-21-22-23-24-25-26-28-31-29(30)27-6-4-2/h3-28H2,1-2H3. The Labute approximate surface area is 196 Å². The van der Waals surface area contributed by atoms with Crippen LogP contribution in [0.5, 0.6) is 0 Å². The maximum atomic E-state index is 11.4. The molecule has 0 aliphatic rings. The number of ether oxygens (including phenoxy) is 1. The average molecular weight is 439 g/mol. The number of unbranched alkanes of at least 4 members (excludes halogenated alkanes) is 22. The predicted octanol–water partition coefficient (Wildman–Crippen LogP) is 10.3. The van der Waals surface area contributed by atoms with Crippen molar-refractivity contribution in [1.82, 2.24) is 0 Å². The Hall–Kier alpha value is -0.530. The van der Waals surface area contributed by atoms with Gasteiger partial charge in [0.1, 0.15) is 0 Å². The van der Waals surface area contributed by atoms with Crippen molar-refractivity contribution in [2.45, 2.75) is 174 Å². The van der Waals surface area contributed by atoms with Gasteiger partial charge in [-0.2, -0.15) is 0 Å². The van der Waals surface area contributed by atoms with Crippen LogP contribution in [0, 0.1) is 0 Å². The second-order valence-corrected chi connectivity index (χ2v) is 9.75. The van der Waals surface area contributed by atoms with E-state index in [4.69, 9.17) is 4.74 Å². The van der Waals surface area contributed by atoms with Crippen LogP contribution in [0.4, 0.5) is 0 Å². The Morgan fingerprint density at radius 1 is 0.419 bits per heavy atom. The molecule has 0 aliphatic carbocycles. The summed E-state index contributed by atoms with van der Waals surface area (Å²) < 4.78 is 5.25. The molecule has 0 saturated heterocycles. The highest BCUT2D eigenvalue weighted by Crippen LogP contribution is 2.15. The van der Waals surface area contributed by atoms with Crippen LogP contribution in [-0.2, 0) is 9.53 Å². The molecule has 186 valence electrons. The fraction of sp³-hybridized carbons (Fsp3) is 0.966. The Morgan fingerprint density at radius 2 is 0.710 bits per heavy atom. The Bertz CT molecular complexity index is 340. The highest BCUT2D eigenvalue weighted by atomic mass is 16.5. The van der Waals surface area contributed by atoms with Crippen molar-refractivity contribution in [3.63, 3.8) is 0 Å². The Morgan fingerprint density at radius 3 is 1.03 bits per heavy atom. The Kier molecular flexibility index (Phi) is 27.0. The van der Waals surface area contributed by atoms with E-state index in [1.54, 1.807) is 0 Å². The van der Waals surface area contributed by atoms with E-state index in [2.05, 4.69) is 13.8 Å². The minimum absolute atomic E-state index is 0.00894. The molecule has 0 aromatic heterocycles. The van der Waals surface area contributed by atoms with Crippen molar-refractivity contribution >= 4 is 5.97 Å². The molecule has 0 N–H and O–H groups in total. The minimum atomic E-state index is -0.00894. The monoisotopic (exact) mass is 438 g/mol. The van der Waals surface area contributed by atoms with Gasteiger partial charge in [-0.15, -0.1) is 0 Å². The highest BCUT2D eigenvalue weighted by molar-refractivity contribution is 5.69. The SMILES string of the molecule is CCCCCCCCCCCCCCCCCCCCCCCCOC(=O)CCCC. The number of rotatable bonds is 26. The van der Waals surface area contributed by atoms with Gasteiger partial charge in [0.2, 0.25) is 0 Å². The molecule has 0 rings (SSSR count). The lowest BCUT2D eigenvalue weighted by atomic mass is 10.0. The average Bonchev–Trinajstić information content (AvgIpc) is 2.78. The van der Waals surface area contributed by atoms with Gasteiger partial charge in [-0.3, -0.25) is 4.79 Å². The smallest absolute Gasteiger partial charge is 0.305 e. The van der Waals surface area contributed by atoms with E-state index in [0.717, 1.165) is 19.3 Å². The summed E-state index contributed by atoms with van der Waals surface area (Å²) in [5.74, 6) is -0.00894. The molecular formula is C29H58O2. The van der Waals surface area contributed by atoms with Gasteiger partial charge in [0.05, 0.1) is 6.61 Å². The van der Waals surface area contributed by atoms with E-state index >= 15 is 0 Å². The normalized spacial score (nSPS) is 11.2. The van der Waals surface area contributed by atoms with Crippen molar-refractivity contribution in [3.05, 3.63) is 0 Å². The summed E-state index contributed by atoms with van der Waals surface area (Å²) in [6.45, 7) is 5.03. The second kappa shape index (κ2) is 27.5. The summed E-state index contributed by atoms with van der Waals surface area (Å²) in [7, 11) is 0. The van der Waals surface area contributed by atoms with Gasteiger partial charge in [-0.25, -0.2) is 0 Å². The van der Waals surface area contributed by atoms with Crippen molar-refractivity contribution < 1.29 is 9.53 Å². The topological polar surface area (TPSA) is 26.3 Å². The molecule has 0 bridgehead atoms. The number of esters is 1. The maximum absolute atomic E-state index is 11.4. The molecule has 0 radical (unpaired) electrons. The molecule has 0 atom stereocenters. The van der Waals surface area contributed by atoms with E-state index in [-0.39, 0.29) is 5.97 Å². The van der Waals surface area contributed by atoms with Crippen LogP contribution in [-0.4, -0.2) is 12.6 Å². The lowest BCUT2D eigenvalue weighted by Gasteiger charge is -2.05. The first-order chi connectivity index (χ1) is 15.3. The van der Waals surface area contributed by atoms with Gasteiger partial charge in [-0.05, 0) is 12.8 Å². The number of carbonyl (C=O) groups excluding carboxylic acids is 1. The van der Waals surface area contributed by atoms with Crippen LogP contribution < -0.4 is 0 Å². The maximum Gasteiger partial charge on any atom is 0.305 e. The fourth-order valence-corrected chi connectivity index (χ4v) is 4.29. The van der Waals surface area contributed by atoms with Crippen molar-refractivity contribution in [3.8, 4) is 0 Å². The molecule has 0 spiro atoms. The van der Waals surface area contributed by atoms with Crippen LogP contribution in [0.2, 0.25) is 0 Å². The largest absolute Gasteiger partial charge is 0.466 e. The van der Waals surface area contributed by atoms with Gasteiger partial charge in [0, 0.05) is 6.42 Å². The van der Waals surface area contributed by atoms with E-state index in [0.29, 0.717) is 13.0 Å². The van der Waals surface area contributed by atoms with E-state index in [9.17, 15) is 4.79 Å². The van der Waals surface area contributed by atoms with E-state index in [1.165, 1.54) is 135 Å². The number of carbonyl (C=O) groups is 1. The third kappa shape index (κ3) is 27.4. The molecule has 0 amide bonds. The summed E-state index contributed by atoms with van der Waals surface area (Å²) in [4.78, 5) is 11.4. The van der Waals surface area contributed by atoms with Crippen LogP contribution in [0.1, 0.15) is 174 Å². The van der Waals surface area contributed by atoms with Crippen LogP contribution in [0.15, 0.2) is 0 Å². The highest BCUT2D eigenvalue weighted by Gasteiger charge is 2.01. The zero-order valence-electron chi connectivity index (χ0n) is 21.7. The molecule has 0 unspecified atom stereocenters. The zero-order valence-corrected chi connectivity index (χ0v) is 21.7. The van der Waals surface area contributed by atoms with Gasteiger partial charge < -0.3 is 4.74 Å². The lowest BCUT2D eigenvalue weighted by molar-refractivity contribution is -0.143.